The molecule has 1 aliphatic rings. The number of halogens is 1. The Balaban J connectivity index is 0.00000256. The van der Waals surface area contributed by atoms with Crippen LogP contribution >= 0.6 is 24.0 Å². The molecule has 0 radical (unpaired) electrons. The highest BCUT2D eigenvalue weighted by Gasteiger charge is 2.21. The van der Waals surface area contributed by atoms with Gasteiger partial charge in [-0.05, 0) is 35.9 Å². The molecule has 30 heavy (non-hydrogen) atoms. The first-order valence-corrected chi connectivity index (χ1v) is 9.41. The summed E-state index contributed by atoms with van der Waals surface area (Å²) in [4.78, 5) is 16.4. The smallest absolute Gasteiger partial charge is 0.291 e. The number of anilines is 1. The van der Waals surface area contributed by atoms with Gasteiger partial charge in [-0.25, -0.2) is 4.99 Å². The van der Waals surface area contributed by atoms with Crippen molar-refractivity contribution < 1.29 is 13.9 Å². The number of benzene rings is 2. The normalized spacial score (nSPS) is 15.3. The van der Waals surface area contributed by atoms with Gasteiger partial charge >= 0.3 is 0 Å². The second kappa shape index (κ2) is 10.1. The lowest BCUT2D eigenvalue weighted by Gasteiger charge is -2.26. The van der Waals surface area contributed by atoms with Crippen LogP contribution in [-0.2, 0) is 6.54 Å². The van der Waals surface area contributed by atoms with Crippen LogP contribution in [0.2, 0.25) is 0 Å². The summed E-state index contributed by atoms with van der Waals surface area (Å²) in [6.07, 6.45) is 2.30. The van der Waals surface area contributed by atoms with E-state index >= 15 is 0 Å². The molecular formula is C22H23IN4O3. The van der Waals surface area contributed by atoms with Gasteiger partial charge in [0, 0.05) is 17.7 Å². The van der Waals surface area contributed by atoms with Crippen molar-refractivity contribution in [2.45, 2.75) is 19.0 Å². The average molecular weight is 518 g/mol. The highest BCUT2D eigenvalue weighted by atomic mass is 127. The quantitative estimate of drug-likeness (QED) is 0.269. The van der Waals surface area contributed by atoms with Gasteiger partial charge in [-0.15, -0.1) is 24.0 Å². The number of para-hydroxylation sites is 1. The number of aliphatic imine (C=N–C) groups is 1. The monoisotopic (exact) mass is 518 g/mol. The Morgan fingerprint density at radius 2 is 1.90 bits per heavy atom. The molecule has 3 aromatic rings. The number of carbonyl (C=O) groups excluding carboxylic acids is 1. The van der Waals surface area contributed by atoms with Gasteiger partial charge in [0.25, 0.3) is 5.91 Å². The fourth-order valence-corrected chi connectivity index (χ4v) is 3.19. The zero-order chi connectivity index (χ0) is 20.1. The molecule has 0 spiro atoms. The number of ether oxygens (including phenoxy) is 1. The van der Waals surface area contributed by atoms with Crippen LogP contribution in [0, 0.1) is 0 Å². The summed E-state index contributed by atoms with van der Waals surface area (Å²) >= 11 is 0. The van der Waals surface area contributed by atoms with Crippen LogP contribution in [0.25, 0.3) is 0 Å². The van der Waals surface area contributed by atoms with Gasteiger partial charge in [-0.1, -0.05) is 30.3 Å². The molecule has 0 saturated carbocycles. The standard InChI is InChI=1S/C22H22N4O3.HI/c23-22(26-18-11-13-29-19-5-2-1-4-17(18)19)24-14-15-7-9-16(10-8-15)25-21(27)20-6-3-12-28-20;/h1-10,12,18H,11,13-14H2,(H,25,27)(H3,23,24,26);1H. The number of carbonyl (C=O) groups is 1. The number of hydrogen-bond donors (Lipinski definition) is 3. The first-order chi connectivity index (χ1) is 14.2. The lowest BCUT2D eigenvalue weighted by atomic mass is 10.0. The predicted octanol–water partition coefficient (Wildman–Crippen LogP) is 4.08. The fraction of sp³-hybridized carbons (Fsp3) is 0.182. The number of nitrogens with one attached hydrogen (secondary N) is 2. The zero-order valence-corrected chi connectivity index (χ0v) is 18.5. The number of guanidine groups is 1. The number of hydrogen-bond acceptors (Lipinski definition) is 4. The van der Waals surface area contributed by atoms with Crippen molar-refractivity contribution in [1.82, 2.24) is 5.32 Å². The number of amides is 1. The summed E-state index contributed by atoms with van der Waals surface area (Å²) in [7, 11) is 0. The van der Waals surface area contributed by atoms with Crippen LogP contribution in [0.5, 0.6) is 5.75 Å². The molecule has 1 aliphatic heterocycles. The molecule has 156 valence electrons. The van der Waals surface area contributed by atoms with E-state index < -0.39 is 0 Å². The molecule has 4 N–H and O–H groups in total. The van der Waals surface area contributed by atoms with E-state index in [0.717, 1.165) is 23.3 Å². The van der Waals surface area contributed by atoms with Gasteiger partial charge in [0.2, 0.25) is 0 Å². The van der Waals surface area contributed by atoms with Gasteiger partial charge in [-0.2, -0.15) is 0 Å². The van der Waals surface area contributed by atoms with Crippen LogP contribution in [0.4, 0.5) is 5.69 Å². The van der Waals surface area contributed by atoms with Gasteiger partial charge in [0.15, 0.2) is 11.7 Å². The van der Waals surface area contributed by atoms with Crippen molar-refractivity contribution in [2.75, 3.05) is 11.9 Å². The first-order valence-electron chi connectivity index (χ1n) is 9.41. The molecule has 1 amide bonds. The molecular weight excluding hydrogens is 495 g/mol. The van der Waals surface area contributed by atoms with Crippen LogP contribution in [0.1, 0.15) is 34.1 Å². The van der Waals surface area contributed by atoms with Crippen molar-refractivity contribution in [1.29, 1.82) is 0 Å². The van der Waals surface area contributed by atoms with Crippen LogP contribution in [0.3, 0.4) is 0 Å². The van der Waals surface area contributed by atoms with Crippen molar-refractivity contribution in [3.63, 3.8) is 0 Å². The molecule has 4 rings (SSSR count). The molecule has 0 bridgehead atoms. The Kier molecular flexibility index (Phi) is 7.34. The van der Waals surface area contributed by atoms with E-state index in [1.54, 1.807) is 12.1 Å². The maximum absolute atomic E-state index is 12.0. The number of rotatable bonds is 5. The molecule has 2 heterocycles. The third kappa shape index (κ3) is 5.32. The number of nitrogens with two attached hydrogens (primary N) is 1. The number of furan rings is 1. The molecule has 8 heteroatoms. The lowest BCUT2D eigenvalue weighted by Crippen LogP contribution is -2.37. The number of nitrogens with zero attached hydrogens (tertiary/aromatic N) is 1. The first kappa shape index (κ1) is 21.7. The van der Waals surface area contributed by atoms with E-state index in [0.29, 0.717) is 24.8 Å². The molecule has 2 aromatic carbocycles. The minimum atomic E-state index is -0.286. The van der Waals surface area contributed by atoms with E-state index in [1.165, 1.54) is 6.26 Å². The van der Waals surface area contributed by atoms with Crippen molar-refractivity contribution >= 4 is 41.5 Å². The second-order valence-corrected chi connectivity index (χ2v) is 6.70. The third-order valence-electron chi connectivity index (χ3n) is 4.67. The van der Waals surface area contributed by atoms with Crippen molar-refractivity contribution in [3.05, 3.63) is 83.8 Å². The second-order valence-electron chi connectivity index (χ2n) is 6.70. The topological polar surface area (TPSA) is 102 Å². The summed E-state index contributed by atoms with van der Waals surface area (Å²) in [5.41, 5.74) is 8.85. The van der Waals surface area contributed by atoms with E-state index in [4.69, 9.17) is 14.9 Å². The lowest BCUT2D eigenvalue weighted by molar-refractivity contribution is 0.0996. The van der Waals surface area contributed by atoms with Gasteiger partial charge in [0.05, 0.1) is 25.5 Å². The highest BCUT2D eigenvalue weighted by Crippen LogP contribution is 2.31. The van der Waals surface area contributed by atoms with E-state index in [9.17, 15) is 4.79 Å². The molecule has 7 nitrogen and oxygen atoms in total. The summed E-state index contributed by atoms with van der Waals surface area (Å²) in [5.74, 6) is 1.26. The molecule has 0 fully saturated rings. The summed E-state index contributed by atoms with van der Waals surface area (Å²) in [6.45, 7) is 1.09. The third-order valence-corrected chi connectivity index (χ3v) is 4.67. The Labute approximate surface area is 191 Å². The minimum absolute atomic E-state index is 0. The van der Waals surface area contributed by atoms with Crippen molar-refractivity contribution in [2.24, 2.45) is 10.7 Å². The Morgan fingerprint density at radius 1 is 1.10 bits per heavy atom. The molecule has 1 unspecified atom stereocenters. The predicted molar refractivity (Wildman–Crippen MR) is 126 cm³/mol. The Bertz CT molecular complexity index is 1000. The number of fused-ring (bicyclic) bond motifs is 1. The fourth-order valence-electron chi connectivity index (χ4n) is 3.19. The molecule has 0 aliphatic carbocycles. The maximum Gasteiger partial charge on any atom is 0.291 e. The zero-order valence-electron chi connectivity index (χ0n) is 16.2. The summed E-state index contributed by atoms with van der Waals surface area (Å²) < 4.78 is 10.8. The van der Waals surface area contributed by atoms with Gasteiger partial charge in [-0.3, -0.25) is 4.79 Å². The van der Waals surface area contributed by atoms with E-state index in [-0.39, 0.29) is 41.7 Å². The Hall–Kier alpha value is -3.01. The highest BCUT2D eigenvalue weighted by molar-refractivity contribution is 14.0. The SMILES string of the molecule is I.NC(=NCc1ccc(NC(=O)c2ccco2)cc1)NC1CCOc2ccccc21. The largest absolute Gasteiger partial charge is 0.493 e. The van der Waals surface area contributed by atoms with Crippen molar-refractivity contribution in [3.8, 4) is 5.75 Å². The van der Waals surface area contributed by atoms with Gasteiger partial charge in [0.1, 0.15) is 5.75 Å². The summed E-state index contributed by atoms with van der Waals surface area (Å²) in [6, 6.07) is 18.8. The van der Waals surface area contributed by atoms with E-state index in [1.807, 2.05) is 48.5 Å². The molecule has 1 atom stereocenters. The Morgan fingerprint density at radius 3 is 2.67 bits per heavy atom. The van der Waals surface area contributed by atoms with E-state index in [2.05, 4.69) is 15.6 Å². The summed E-state index contributed by atoms with van der Waals surface area (Å²) in [5, 5.41) is 6.06. The molecule has 0 saturated heterocycles. The molecule has 1 aromatic heterocycles. The van der Waals surface area contributed by atoms with Crippen LogP contribution in [0.15, 0.2) is 76.3 Å². The maximum atomic E-state index is 12.0. The van der Waals surface area contributed by atoms with Crippen LogP contribution in [-0.4, -0.2) is 18.5 Å². The van der Waals surface area contributed by atoms with Gasteiger partial charge < -0.3 is 25.5 Å². The minimum Gasteiger partial charge on any atom is -0.493 e. The van der Waals surface area contributed by atoms with Crippen LogP contribution < -0.4 is 21.1 Å². The average Bonchev–Trinajstić information content (AvgIpc) is 3.29.